The number of nitrogens with one attached hydrogen (secondary N) is 2. The maximum atomic E-state index is 10.6. The molecule has 6 heteroatoms. The van der Waals surface area contributed by atoms with Crippen LogP contribution in [0.25, 0.3) is 0 Å². The van der Waals surface area contributed by atoms with Crippen molar-refractivity contribution in [3.8, 4) is 0 Å². The van der Waals surface area contributed by atoms with E-state index in [-0.39, 0.29) is 11.3 Å². The van der Waals surface area contributed by atoms with Crippen LogP contribution in [0.2, 0.25) is 0 Å². The van der Waals surface area contributed by atoms with Crippen LogP contribution in [0.4, 0.5) is 0 Å². The summed E-state index contributed by atoms with van der Waals surface area (Å²) in [5.74, 6) is 0.280. The third-order valence-corrected chi connectivity index (χ3v) is 3.45. The number of hydrogen-bond donors (Lipinski definition) is 3. The van der Waals surface area contributed by atoms with Gasteiger partial charge in [-0.3, -0.25) is 4.55 Å². The summed E-state index contributed by atoms with van der Waals surface area (Å²) in [5.41, 5.74) is 0.0727. The molecule has 0 aliphatic heterocycles. The third kappa shape index (κ3) is 11.0. The van der Waals surface area contributed by atoms with Crippen LogP contribution in [0.3, 0.4) is 0 Å². The molecule has 0 saturated carbocycles. The molecule has 110 valence electrons. The van der Waals surface area contributed by atoms with Crippen molar-refractivity contribution in [2.24, 2.45) is 5.92 Å². The topological polar surface area (TPSA) is 78.4 Å². The second kappa shape index (κ2) is 7.43. The van der Waals surface area contributed by atoms with Crippen molar-refractivity contribution >= 4 is 10.1 Å². The molecule has 0 aromatic heterocycles. The van der Waals surface area contributed by atoms with Crippen LogP contribution in [0.15, 0.2) is 0 Å². The number of hydrogen-bond acceptors (Lipinski definition) is 4. The Balaban J connectivity index is 3.99. The first-order valence-corrected chi connectivity index (χ1v) is 8.06. The van der Waals surface area contributed by atoms with Crippen molar-refractivity contribution in [2.75, 3.05) is 18.8 Å². The van der Waals surface area contributed by atoms with Crippen molar-refractivity contribution in [1.29, 1.82) is 0 Å². The summed E-state index contributed by atoms with van der Waals surface area (Å²) < 4.78 is 29.8. The monoisotopic (exact) mass is 280 g/mol. The minimum absolute atomic E-state index is 0.0727. The van der Waals surface area contributed by atoms with Crippen molar-refractivity contribution < 1.29 is 13.0 Å². The third-order valence-electron chi connectivity index (χ3n) is 2.64. The normalized spacial score (nSPS) is 15.1. The van der Waals surface area contributed by atoms with Crippen molar-refractivity contribution in [3.05, 3.63) is 0 Å². The van der Waals surface area contributed by atoms with E-state index in [1.807, 2.05) is 0 Å². The minimum Gasteiger partial charge on any atom is -0.312 e. The molecule has 0 heterocycles. The van der Waals surface area contributed by atoms with Crippen LogP contribution in [-0.2, 0) is 10.1 Å². The lowest BCUT2D eigenvalue weighted by molar-refractivity contribution is 0.330. The van der Waals surface area contributed by atoms with E-state index >= 15 is 0 Å². The standard InChI is InChI=1S/C12H28N2O3S/c1-10(2)11(9-14-12(3,4)5)13-7-6-8-18(15,16)17/h10-11,13-14H,6-9H2,1-5H3,(H,15,16,17)/t11-/m1/s1. The fourth-order valence-corrected chi connectivity index (χ4v) is 2.01. The quantitative estimate of drug-likeness (QED) is 0.461. The Morgan fingerprint density at radius 1 is 1.22 bits per heavy atom. The van der Waals surface area contributed by atoms with E-state index in [0.29, 0.717) is 24.9 Å². The molecule has 0 aromatic carbocycles. The Morgan fingerprint density at radius 3 is 2.17 bits per heavy atom. The lowest BCUT2D eigenvalue weighted by Crippen LogP contribution is -2.48. The van der Waals surface area contributed by atoms with Gasteiger partial charge in [0.15, 0.2) is 0 Å². The zero-order chi connectivity index (χ0) is 14.4. The average Bonchev–Trinajstić information content (AvgIpc) is 2.12. The first-order valence-electron chi connectivity index (χ1n) is 6.45. The average molecular weight is 280 g/mol. The fourth-order valence-electron chi connectivity index (χ4n) is 1.50. The van der Waals surface area contributed by atoms with E-state index in [2.05, 4.69) is 45.3 Å². The van der Waals surface area contributed by atoms with Gasteiger partial charge in [-0.05, 0) is 39.7 Å². The van der Waals surface area contributed by atoms with Crippen LogP contribution in [0.5, 0.6) is 0 Å². The molecule has 3 N–H and O–H groups in total. The van der Waals surface area contributed by atoms with Gasteiger partial charge in [0.1, 0.15) is 0 Å². The highest BCUT2D eigenvalue weighted by Gasteiger charge is 2.16. The first kappa shape index (κ1) is 17.8. The van der Waals surface area contributed by atoms with Gasteiger partial charge in [0.05, 0.1) is 5.75 Å². The van der Waals surface area contributed by atoms with E-state index in [1.54, 1.807) is 0 Å². The van der Waals surface area contributed by atoms with Gasteiger partial charge in [0, 0.05) is 18.1 Å². The van der Waals surface area contributed by atoms with E-state index < -0.39 is 10.1 Å². The molecular weight excluding hydrogens is 252 g/mol. The van der Waals surface area contributed by atoms with Crippen molar-refractivity contribution in [1.82, 2.24) is 10.6 Å². The Bertz CT molecular complexity index is 321. The number of rotatable bonds is 8. The van der Waals surface area contributed by atoms with Crippen LogP contribution in [0, 0.1) is 5.92 Å². The summed E-state index contributed by atoms with van der Waals surface area (Å²) in [6, 6.07) is 0.297. The van der Waals surface area contributed by atoms with Gasteiger partial charge in [-0.25, -0.2) is 0 Å². The molecule has 0 rings (SSSR count). The van der Waals surface area contributed by atoms with Crippen molar-refractivity contribution in [3.63, 3.8) is 0 Å². The van der Waals surface area contributed by atoms with Gasteiger partial charge in [-0.15, -0.1) is 0 Å². The van der Waals surface area contributed by atoms with Gasteiger partial charge in [-0.1, -0.05) is 13.8 Å². The Hall–Kier alpha value is -0.170. The predicted octanol–water partition coefficient (Wildman–Crippen LogP) is 1.27. The lowest BCUT2D eigenvalue weighted by Gasteiger charge is -2.28. The summed E-state index contributed by atoms with van der Waals surface area (Å²) >= 11 is 0. The maximum Gasteiger partial charge on any atom is 0.264 e. The molecule has 0 saturated heterocycles. The van der Waals surface area contributed by atoms with E-state index in [1.165, 1.54) is 0 Å². The van der Waals surface area contributed by atoms with E-state index in [4.69, 9.17) is 4.55 Å². The molecule has 5 nitrogen and oxygen atoms in total. The van der Waals surface area contributed by atoms with Gasteiger partial charge in [0.25, 0.3) is 10.1 Å². The Labute approximate surface area is 111 Å². The van der Waals surface area contributed by atoms with Gasteiger partial charge in [0.2, 0.25) is 0 Å². The van der Waals surface area contributed by atoms with Crippen molar-refractivity contribution in [2.45, 2.75) is 52.6 Å². The summed E-state index contributed by atoms with van der Waals surface area (Å²) in [4.78, 5) is 0. The second-order valence-electron chi connectivity index (χ2n) is 6.08. The molecule has 0 aliphatic carbocycles. The molecule has 0 fully saturated rings. The van der Waals surface area contributed by atoms with Gasteiger partial charge < -0.3 is 10.6 Å². The zero-order valence-electron chi connectivity index (χ0n) is 12.2. The molecule has 0 spiro atoms. The summed E-state index contributed by atoms with van der Waals surface area (Å²) in [5, 5.41) is 6.76. The van der Waals surface area contributed by atoms with Gasteiger partial charge in [-0.2, -0.15) is 8.42 Å². The molecule has 0 amide bonds. The van der Waals surface area contributed by atoms with E-state index in [9.17, 15) is 8.42 Å². The highest BCUT2D eigenvalue weighted by atomic mass is 32.2. The molecule has 18 heavy (non-hydrogen) atoms. The van der Waals surface area contributed by atoms with Crippen LogP contribution >= 0.6 is 0 Å². The minimum atomic E-state index is -3.83. The largest absolute Gasteiger partial charge is 0.312 e. The Morgan fingerprint density at radius 2 is 1.78 bits per heavy atom. The predicted molar refractivity (Wildman–Crippen MR) is 75.4 cm³/mol. The fraction of sp³-hybridized carbons (Fsp3) is 1.00. The molecule has 0 bridgehead atoms. The van der Waals surface area contributed by atoms with Crippen LogP contribution in [-0.4, -0.2) is 43.4 Å². The molecule has 0 aliphatic rings. The molecule has 0 radical (unpaired) electrons. The van der Waals surface area contributed by atoms with Crippen LogP contribution < -0.4 is 10.6 Å². The summed E-state index contributed by atoms with van der Waals surface area (Å²) in [7, 11) is -3.83. The second-order valence-corrected chi connectivity index (χ2v) is 7.65. The Kier molecular flexibility index (Phi) is 7.36. The molecule has 1 atom stereocenters. The summed E-state index contributed by atoms with van der Waals surface area (Å²) in [6.45, 7) is 12.0. The maximum absolute atomic E-state index is 10.6. The van der Waals surface area contributed by atoms with Crippen LogP contribution in [0.1, 0.15) is 41.0 Å². The van der Waals surface area contributed by atoms with Gasteiger partial charge >= 0.3 is 0 Å². The smallest absolute Gasteiger partial charge is 0.264 e. The highest BCUT2D eigenvalue weighted by molar-refractivity contribution is 7.85. The molecular formula is C12H28N2O3S. The first-order chi connectivity index (χ1) is 8.01. The zero-order valence-corrected chi connectivity index (χ0v) is 13.0. The van der Waals surface area contributed by atoms with E-state index in [0.717, 1.165) is 6.54 Å². The highest BCUT2D eigenvalue weighted by Crippen LogP contribution is 2.04. The summed E-state index contributed by atoms with van der Waals surface area (Å²) in [6.07, 6.45) is 0.428. The SMILES string of the molecule is CC(C)[C@@H](CNC(C)(C)C)NCCCS(=O)(=O)O. The molecule has 0 aromatic rings. The molecule has 0 unspecified atom stereocenters. The lowest BCUT2D eigenvalue weighted by atomic mass is 10.0.